The summed E-state index contributed by atoms with van der Waals surface area (Å²) in [5.41, 5.74) is 2.31. The zero-order valence-corrected chi connectivity index (χ0v) is 31.9. The first-order valence-electron chi connectivity index (χ1n) is 18.9. The molecular weight excluding hydrogens is 716 g/mol. The average Bonchev–Trinajstić information content (AvgIpc) is 4.04. The van der Waals surface area contributed by atoms with Gasteiger partial charge in [-0.2, -0.15) is 4.98 Å². The van der Waals surface area contributed by atoms with Crippen LogP contribution >= 0.6 is 19.3 Å². The van der Waals surface area contributed by atoms with Crippen LogP contribution in [0.3, 0.4) is 0 Å². The van der Waals surface area contributed by atoms with Crippen LogP contribution in [-0.2, 0) is 4.74 Å². The minimum Gasteiger partial charge on any atom is -0.488 e. The lowest BCUT2D eigenvalue weighted by molar-refractivity contribution is 0.114. The van der Waals surface area contributed by atoms with Crippen molar-refractivity contribution in [1.29, 1.82) is 0 Å². The van der Waals surface area contributed by atoms with Crippen LogP contribution in [0, 0.1) is 0 Å². The minimum atomic E-state index is -0.832. The van der Waals surface area contributed by atoms with Gasteiger partial charge in [0.25, 0.3) is 6.01 Å². The minimum absolute atomic E-state index is 0.0135. The highest BCUT2D eigenvalue weighted by Crippen LogP contribution is 2.41. The molecule has 54 heavy (non-hydrogen) atoms. The van der Waals surface area contributed by atoms with E-state index in [1.807, 2.05) is 17.5 Å². The second-order valence-corrected chi connectivity index (χ2v) is 17.0. The number of oxazole rings is 1. The lowest BCUT2D eigenvalue weighted by Gasteiger charge is -2.38. The number of amides is 1. The third kappa shape index (κ3) is 8.16. The van der Waals surface area contributed by atoms with E-state index in [2.05, 4.69) is 101 Å². The summed E-state index contributed by atoms with van der Waals surface area (Å²) in [7, 11) is -0.446. The fourth-order valence-corrected chi connectivity index (χ4v) is 10.4. The van der Waals surface area contributed by atoms with Crippen LogP contribution < -0.4 is 25.6 Å². The van der Waals surface area contributed by atoms with Crippen LogP contribution in [0.5, 0.6) is 5.75 Å². The number of benzene rings is 4. The molecule has 0 radical (unpaired) electrons. The second kappa shape index (κ2) is 17.1. The van der Waals surface area contributed by atoms with E-state index in [1.165, 1.54) is 35.2 Å². The van der Waals surface area contributed by atoms with E-state index < -0.39 is 14.0 Å². The monoisotopic (exact) mass is 760 g/mol. The molecule has 2 unspecified atom stereocenters. The van der Waals surface area contributed by atoms with E-state index in [4.69, 9.17) is 18.9 Å². The summed E-state index contributed by atoms with van der Waals surface area (Å²) in [5, 5.41) is 16.5. The maximum absolute atomic E-state index is 11.6. The number of piperazine rings is 1. The lowest BCUT2D eigenvalue weighted by Crippen LogP contribution is -2.55. The highest BCUT2D eigenvalue weighted by Gasteiger charge is 2.44. The van der Waals surface area contributed by atoms with Crippen molar-refractivity contribution in [1.82, 2.24) is 14.9 Å². The SMILES string of the molecule is C1CCOC1.O=C(O)N1C2CCC1CN(c1nc3c(OC4CCC4)ccc(-c4nccs4)c3o1)C2.c1ccc(P(c2ccccc2)c2ccccc2)cc1. The Morgan fingerprint density at radius 3 is 1.83 bits per heavy atom. The number of ether oxygens (including phenoxy) is 2. The zero-order chi connectivity index (χ0) is 36.7. The van der Waals surface area contributed by atoms with Crippen LogP contribution in [0.15, 0.2) is 119 Å². The summed E-state index contributed by atoms with van der Waals surface area (Å²) in [6.45, 7) is 3.20. The standard InChI is InChI=1S/C21H22N4O4S.C18H15P.C4H8O/c26-21(27)25-12-4-5-13(25)11-24(10-12)20-23-17-16(28-14-2-1-3-14)7-6-15(18(17)29-20)19-22-8-9-30-19;1-4-10-16(11-5-1)19(17-12-6-2-7-13-17)18-14-8-3-9-15-18;1-2-4-5-3-1/h6-9,12-14H,1-5,10-11H2,(H,26,27);1-15H;1-4H2. The number of anilines is 1. The van der Waals surface area contributed by atoms with Crippen molar-refractivity contribution in [3.63, 3.8) is 0 Å². The van der Waals surface area contributed by atoms with Crippen molar-refractivity contribution >= 4 is 58.4 Å². The quantitative estimate of drug-likeness (QED) is 0.162. The molecule has 4 aromatic carbocycles. The Labute approximate surface area is 321 Å². The molecule has 1 aliphatic carbocycles. The summed E-state index contributed by atoms with van der Waals surface area (Å²) >= 11 is 1.56. The molecule has 5 heterocycles. The number of carboxylic acid groups (broad SMARTS) is 1. The molecule has 10 rings (SSSR count). The zero-order valence-electron chi connectivity index (χ0n) is 30.2. The van der Waals surface area contributed by atoms with Crippen molar-refractivity contribution in [2.24, 2.45) is 0 Å². The number of aromatic nitrogens is 2. The molecule has 3 saturated heterocycles. The Balaban J connectivity index is 0.000000146. The molecule has 1 amide bonds. The first-order chi connectivity index (χ1) is 26.6. The lowest BCUT2D eigenvalue weighted by atomic mass is 9.96. The average molecular weight is 761 g/mol. The largest absolute Gasteiger partial charge is 0.488 e. The van der Waals surface area contributed by atoms with Gasteiger partial charge in [-0.25, -0.2) is 9.78 Å². The van der Waals surface area contributed by atoms with Crippen LogP contribution in [0.1, 0.15) is 44.9 Å². The second-order valence-electron chi connectivity index (χ2n) is 13.9. The van der Waals surface area contributed by atoms with E-state index in [0.29, 0.717) is 24.7 Å². The molecule has 278 valence electrons. The van der Waals surface area contributed by atoms with Gasteiger partial charge in [-0.05, 0) is 80.9 Å². The Morgan fingerprint density at radius 2 is 1.37 bits per heavy atom. The summed E-state index contributed by atoms with van der Waals surface area (Å²) in [6, 6.07) is 36.8. The third-order valence-corrected chi connectivity index (χ3v) is 13.6. The predicted octanol–water partition coefficient (Wildman–Crippen LogP) is 8.46. The smallest absolute Gasteiger partial charge is 0.407 e. The summed E-state index contributed by atoms with van der Waals surface area (Å²) in [6.07, 6.45) is 8.86. The van der Waals surface area contributed by atoms with Crippen molar-refractivity contribution in [3.05, 3.63) is 115 Å². The van der Waals surface area contributed by atoms with E-state index >= 15 is 0 Å². The van der Waals surface area contributed by atoms with Crippen LogP contribution in [0.25, 0.3) is 21.7 Å². The molecule has 1 saturated carbocycles. The Hall–Kier alpha value is -4.76. The fourth-order valence-electron chi connectivity index (χ4n) is 7.46. The number of thiazole rings is 1. The Kier molecular flexibility index (Phi) is 11.5. The predicted molar refractivity (Wildman–Crippen MR) is 217 cm³/mol. The van der Waals surface area contributed by atoms with E-state index in [9.17, 15) is 9.90 Å². The summed E-state index contributed by atoms with van der Waals surface area (Å²) in [4.78, 5) is 24.6. The van der Waals surface area contributed by atoms with E-state index in [0.717, 1.165) is 60.7 Å². The van der Waals surface area contributed by atoms with Gasteiger partial charge < -0.3 is 23.9 Å². The van der Waals surface area contributed by atoms with Gasteiger partial charge in [-0.15, -0.1) is 11.3 Å². The highest BCUT2D eigenvalue weighted by molar-refractivity contribution is 7.79. The molecule has 9 nitrogen and oxygen atoms in total. The van der Waals surface area contributed by atoms with Crippen molar-refractivity contribution in [3.8, 4) is 16.3 Å². The summed E-state index contributed by atoms with van der Waals surface area (Å²) < 4.78 is 17.4. The molecule has 2 bridgehead atoms. The number of fused-ring (bicyclic) bond motifs is 3. The van der Waals surface area contributed by atoms with Gasteiger partial charge >= 0.3 is 6.09 Å². The molecule has 0 spiro atoms. The van der Waals surface area contributed by atoms with Crippen molar-refractivity contribution < 1.29 is 23.8 Å². The molecular formula is C43H45N4O5PS. The maximum atomic E-state index is 11.6. The van der Waals surface area contributed by atoms with Gasteiger partial charge in [-0.3, -0.25) is 4.90 Å². The van der Waals surface area contributed by atoms with Gasteiger partial charge in [0.2, 0.25) is 0 Å². The molecule has 4 aliphatic rings. The molecule has 11 heteroatoms. The number of carbonyl (C=O) groups is 1. The maximum Gasteiger partial charge on any atom is 0.407 e. The Bertz CT molecular complexity index is 1980. The van der Waals surface area contributed by atoms with Gasteiger partial charge in [0.05, 0.1) is 23.8 Å². The summed E-state index contributed by atoms with van der Waals surface area (Å²) in [5.74, 6) is 0.747. The molecule has 6 aromatic rings. The first kappa shape index (κ1) is 36.2. The molecule has 2 atom stereocenters. The van der Waals surface area contributed by atoms with Gasteiger partial charge in [0, 0.05) is 37.9 Å². The molecule has 2 aromatic heterocycles. The first-order valence-corrected chi connectivity index (χ1v) is 21.1. The third-order valence-electron chi connectivity index (χ3n) is 10.3. The van der Waals surface area contributed by atoms with Crippen LogP contribution in [0.2, 0.25) is 0 Å². The van der Waals surface area contributed by atoms with E-state index in [1.54, 1.807) is 22.4 Å². The molecule has 4 fully saturated rings. The number of hydrogen-bond acceptors (Lipinski definition) is 8. The molecule has 1 N–H and O–H groups in total. The fraction of sp³-hybridized carbons (Fsp3) is 0.326. The number of rotatable bonds is 7. The van der Waals surface area contributed by atoms with Crippen LogP contribution in [0.4, 0.5) is 10.8 Å². The normalized spacial score (nSPS) is 19.1. The number of hydrogen-bond donors (Lipinski definition) is 1. The van der Waals surface area contributed by atoms with E-state index in [-0.39, 0.29) is 18.2 Å². The Morgan fingerprint density at radius 1 is 0.778 bits per heavy atom. The van der Waals surface area contributed by atoms with Crippen molar-refractivity contribution in [2.45, 2.75) is 63.1 Å². The van der Waals surface area contributed by atoms with Crippen LogP contribution in [-0.4, -0.2) is 70.6 Å². The highest BCUT2D eigenvalue weighted by atomic mass is 32.1. The molecule has 3 aliphatic heterocycles. The van der Waals surface area contributed by atoms with Gasteiger partial charge in [0.15, 0.2) is 11.1 Å². The van der Waals surface area contributed by atoms with Gasteiger partial charge in [0.1, 0.15) is 10.8 Å². The topological polar surface area (TPSA) is 101 Å². The van der Waals surface area contributed by atoms with Crippen molar-refractivity contribution in [2.75, 3.05) is 31.2 Å². The number of nitrogens with zero attached hydrogens (tertiary/aromatic N) is 4. The van der Waals surface area contributed by atoms with Gasteiger partial charge in [-0.1, -0.05) is 91.0 Å².